The van der Waals surface area contributed by atoms with Gasteiger partial charge in [-0.25, -0.2) is 4.79 Å². The third-order valence-electron chi connectivity index (χ3n) is 3.71. The van der Waals surface area contributed by atoms with Gasteiger partial charge < -0.3 is 10.2 Å². The van der Waals surface area contributed by atoms with Crippen molar-refractivity contribution < 1.29 is 4.79 Å². The second-order valence-electron chi connectivity index (χ2n) is 5.49. The maximum absolute atomic E-state index is 12.3. The first-order valence-electron chi connectivity index (χ1n) is 7.70. The molecule has 2 rings (SSSR count). The standard InChI is InChI=1S/C18H23N3OS/c1-14(23-17-7-5-4-6-8-17)13-20-18(22)21(3)15(2)16-9-11-19-12-10-16/h4-12,14-15H,13H2,1-3H3,(H,20,22)/t14-,15-/m1/s1. The fourth-order valence-electron chi connectivity index (χ4n) is 2.17. The molecule has 2 aromatic rings. The number of nitrogens with zero attached hydrogens (tertiary/aromatic N) is 2. The number of aromatic nitrogens is 1. The zero-order valence-electron chi connectivity index (χ0n) is 13.8. The van der Waals surface area contributed by atoms with Crippen molar-refractivity contribution in [3.63, 3.8) is 0 Å². The van der Waals surface area contributed by atoms with E-state index in [-0.39, 0.29) is 12.1 Å². The Hall–Kier alpha value is -2.01. The lowest BCUT2D eigenvalue weighted by atomic mass is 10.1. The molecule has 5 heteroatoms. The van der Waals surface area contributed by atoms with Gasteiger partial charge in [0.05, 0.1) is 6.04 Å². The summed E-state index contributed by atoms with van der Waals surface area (Å²) in [7, 11) is 1.81. The third-order valence-corrected chi connectivity index (χ3v) is 4.82. The van der Waals surface area contributed by atoms with Crippen molar-refractivity contribution in [3.05, 3.63) is 60.4 Å². The van der Waals surface area contributed by atoms with E-state index < -0.39 is 0 Å². The summed E-state index contributed by atoms with van der Waals surface area (Å²) in [5.41, 5.74) is 1.07. The molecule has 122 valence electrons. The number of hydrogen-bond donors (Lipinski definition) is 1. The summed E-state index contributed by atoms with van der Waals surface area (Å²) in [5, 5.41) is 3.31. The highest BCUT2D eigenvalue weighted by molar-refractivity contribution is 8.00. The fraction of sp³-hybridized carbons (Fsp3) is 0.333. The number of benzene rings is 1. The van der Waals surface area contributed by atoms with Gasteiger partial charge in [0.2, 0.25) is 0 Å². The zero-order chi connectivity index (χ0) is 16.7. The average molecular weight is 329 g/mol. The van der Waals surface area contributed by atoms with Crippen LogP contribution in [-0.4, -0.2) is 34.8 Å². The summed E-state index contributed by atoms with van der Waals surface area (Å²) < 4.78 is 0. The molecule has 0 saturated carbocycles. The summed E-state index contributed by atoms with van der Waals surface area (Å²) in [4.78, 5) is 19.2. The minimum atomic E-state index is -0.0603. The van der Waals surface area contributed by atoms with E-state index in [9.17, 15) is 4.79 Å². The molecule has 0 aliphatic carbocycles. The number of nitrogens with one attached hydrogen (secondary N) is 1. The predicted molar refractivity (Wildman–Crippen MR) is 95.6 cm³/mol. The van der Waals surface area contributed by atoms with Crippen molar-refractivity contribution in [3.8, 4) is 0 Å². The average Bonchev–Trinajstić information content (AvgIpc) is 2.60. The lowest BCUT2D eigenvalue weighted by Crippen LogP contribution is -2.41. The van der Waals surface area contributed by atoms with Crippen molar-refractivity contribution >= 4 is 17.8 Å². The van der Waals surface area contributed by atoms with E-state index in [0.717, 1.165) is 5.56 Å². The first kappa shape index (κ1) is 17.3. The summed E-state index contributed by atoms with van der Waals surface area (Å²) >= 11 is 1.76. The molecular weight excluding hydrogens is 306 g/mol. The Balaban J connectivity index is 1.82. The quantitative estimate of drug-likeness (QED) is 0.816. The van der Waals surface area contributed by atoms with Crippen LogP contribution < -0.4 is 5.32 Å². The Morgan fingerprint density at radius 3 is 2.48 bits per heavy atom. The molecular formula is C18H23N3OS. The lowest BCUT2D eigenvalue weighted by Gasteiger charge is -2.26. The van der Waals surface area contributed by atoms with Gasteiger partial charge in [-0.1, -0.05) is 25.1 Å². The Labute approximate surface area is 142 Å². The van der Waals surface area contributed by atoms with Crippen LogP contribution >= 0.6 is 11.8 Å². The van der Waals surface area contributed by atoms with Crippen LogP contribution in [0.15, 0.2) is 59.8 Å². The number of thioether (sulfide) groups is 1. The van der Waals surface area contributed by atoms with Crippen molar-refractivity contribution in [1.29, 1.82) is 0 Å². The largest absolute Gasteiger partial charge is 0.337 e. The molecule has 1 aromatic heterocycles. The molecule has 0 fully saturated rings. The smallest absolute Gasteiger partial charge is 0.317 e. The van der Waals surface area contributed by atoms with Crippen molar-refractivity contribution in [2.45, 2.75) is 30.0 Å². The minimum absolute atomic E-state index is 0.00934. The van der Waals surface area contributed by atoms with Crippen molar-refractivity contribution in [2.24, 2.45) is 0 Å². The van der Waals surface area contributed by atoms with E-state index in [1.807, 2.05) is 44.3 Å². The second kappa shape index (κ2) is 8.58. The van der Waals surface area contributed by atoms with E-state index in [0.29, 0.717) is 11.8 Å². The zero-order valence-corrected chi connectivity index (χ0v) is 14.6. The van der Waals surface area contributed by atoms with E-state index in [4.69, 9.17) is 0 Å². The molecule has 1 heterocycles. The van der Waals surface area contributed by atoms with Crippen LogP contribution in [-0.2, 0) is 0 Å². The minimum Gasteiger partial charge on any atom is -0.337 e. The third kappa shape index (κ3) is 5.28. The van der Waals surface area contributed by atoms with Crippen LogP contribution in [0.25, 0.3) is 0 Å². The van der Waals surface area contributed by atoms with Gasteiger partial charge in [-0.3, -0.25) is 4.98 Å². The van der Waals surface area contributed by atoms with Crippen LogP contribution in [0.4, 0.5) is 4.79 Å². The van der Waals surface area contributed by atoms with Crippen molar-refractivity contribution in [1.82, 2.24) is 15.2 Å². The second-order valence-corrected chi connectivity index (χ2v) is 7.01. The fourth-order valence-corrected chi connectivity index (χ4v) is 3.12. The SMILES string of the molecule is C[C@H](CNC(=O)N(C)[C@H](C)c1ccncc1)Sc1ccccc1. The number of carbonyl (C=O) groups excluding carboxylic acids is 1. The Morgan fingerprint density at radius 1 is 1.17 bits per heavy atom. The first-order chi connectivity index (χ1) is 11.1. The van der Waals surface area contributed by atoms with E-state index in [2.05, 4.69) is 29.4 Å². The highest BCUT2D eigenvalue weighted by atomic mass is 32.2. The summed E-state index contributed by atoms with van der Waals surface area (Å²) in [6.07, 6.45) is 3.49. The number of amides is 2. The topological polar surface area (TPSA) is 45.2 Å². The monoisotopic (exact) mass is 329 g/mol. The molecule has 1 aromatic carbocycles. The van der Waals surface area contributed by atoms with Crippen LogP contribution in [0.1, 0.15) is 25.5 Å². The highest BCUT2D eigenvalue weighted by Gasteiger charge is 2.17. The van der Waals surface area contributed by atoms with Crippen molar-refractivity contribution in [2.75, 3.05) is 13.6 Å². The summed E-state index contributed by atoms with van der Waals surface area (Å²) in [6.45, 7) is 4.76. The van der Waals surface area contributed by atoms with E-state index in [1.165, 1.54) is 4.90 Å². The molecule has 2 atom stereocenters. The molecule has 1 N–H and O–H groups in total. The Bertz CT molecular complexity index is 606. The molecule has 0 bridgehead atoms. The van der Waals surface area contributed by atoms with Gasteiger partial charge in [-0.05, 0) is 36.8 Å². The summed E-state index contributed by atoms with van der Waals surface area (Å²) in [6, 6.07) is 14.0. The molecule has 0 aliphatic heterocycles. The van der Waals surface area contributed by atoms with Gasteiger partial charge in [0, 0.05) is 36.1 Å². The van der Waals surface area contributed by atoms with Crippen LogP contribution in [0.5, 0.6) is 0 Å². The molecule has 0 spiro atoms. The van der Waals surface area contributed by atoms with Gasteiger partial charge in [0.1, 0.15) is 0 Å². The highest BCUT2D eigenvalue weighted by Crippen LogP contribution is 2.22. The molecule has 0 saturated heterocycles. The van der Waals surface area contributed by atoms with Crippen LogP contribution in [0.2, 0.25) is 0 Å². The molecule has 4 nitrogen and oxygen atoms in total. The van der Waals surface area contributed by atoms with Gasteiger partial charge in [-0.15, -0.1) is 11.8 Å². The molecule has 23 heavy (non-hydrogen) atoms. The van der Waals surface area contributed by atoms with E-state index in [1.54, 1.807) is 29.1 Å². The molecule has 2 amide bonds. The number of rotatable bonds is 6. The van der Waals surface area contributed by atoms with Gasteiger partial charge in [0.25, 0.3) is 0 Å². The summed E-state index contributed by atoms with van der Waals surface area (Å²) in [5.74, 6) is 0. The Morgan fingerprint density at radius 2 is 1.83 bits per heavy atom. The van der Waals surface area contributed by atoms with Crippen LogP contribution in [0.3, 0.4) is 0 Å². The lowest BCUT2D eigenvalue weighted by molar-refractivity contribution is 0.194. The normalized spacial score (nSPS) is 13.2. The maximum atomic E-state index is 12.3. The number of urea groups is 1. The van der Waals surface area contributed by atoms with E-state index >= 15 is 0 Å². The Kier molecular flexibility index (Phi) is 6.47. The first-order valence-corrected chi connectivity index (χ1v) is 8.58. The number of carbonyl (C=O) groups is 1. The molecule has 0 aliphatic rings. The van der Waals surface area contributed by atoms with Crippen LogP contribution in [0, 0.1) is 0 Å². The predicted octanol–water partition coefficient (Wildman–Crippen LogP) is 3.96. The number of pyridine rings is 1. The molecule has 0 radical (unpaired) electrons. The maximum Gasteiger partial charge on any atom is 0.317 e. The van der Waals surface area contributed by atoms with Gasteiger partial charge >= 0.3 is 6.03 Å². The van der Waals surface area contributed by atoms with Gasteiger partial charge in [0.15, 0.2) is 0 Å². The number of hydrogen-bond acceptors (Lipinski definition) is 3. The molecule has 0 unspecified atom stereocenters. The van der Waals surface area contributed by atoms with Gasteiger partial charge in [-0.2, -0.15) is 0 Å².